The Labute approximate surface area is 110 Å². The van der Waals surface area contributed by atoms with Gasteiger partial charge in [0.1, 0.15) is 11.3 Å². The van der Waals surface area contributed by atoms with Crippen molar-refractivity contribution in [2.24, 2.45) is 0 Å². The number of hydrogen-bond acceptors (Lipinski definition) is 7. The molecule has 0 fully saturated rings. The SMILES string of the molecule is CNc1nc(N)c2cc(OC)c(OC)c(OC)c2n1. The number of nitrogens with two attached hydrogens (primary N) is 1. The highest BCUT2D eigenvalue weighted by Crippen LogP contribution is 2.43. The molecule has 0 unspecified atom stereocenters. The van der Waals surface area contributed by atoms with Crippen molar-refractivity contribution in [3.8, 4) is 17.2 Å². The minimum Gasteiger partial charge on any atom is -0.493 e. The number of rotatable bonds is 4. The van der Waals surface area contributed by atoms with Crippen molar-refractivity contribution in [1.82, 2.24) is 9.97 Å². The second-order valence-electron chi connectivity index (χ2n) is 3.72. The Kier molecular flexibility index (Phi) is 3.46. The Balaban J connectivity index is 2.88. The first-order chi connectivity index (χ1) is 9.15. The number of aromatic nitrogens is 2. The van der Waals surface area contributed by atoms with Crippen molar-refractivity contribution in [2.75, 3.05) is 39.4 Å². The molecule has 19 heavy (non-hydrogen) atoms. The van der Waals surface area contributed by atoms with E-state index in [1.165, 1.54) is 14.2 Å². The van der Waals surface area contributed by atoms with Gasteiger partial charge in [0.15, 0.2) is 11.5 Å². The first-order valence-electron chi connectivity index (χ1n) is 5.60. The quantitative estimate of drug-likeness (QED) is 0.859. The van der Waals surface area contributed by atoms with Gasteiger partial charge in [0.25, 0.3) is 0 Å². The fraction of sp³-hybridized carbons (Fsp3) is 0.333. The number of anilines is 2. The first-order valence-corrected chi connectivity index (χ1v) is 5.60. The molecule has 1 aromatic carbocycles. The van der Waals surface area contributed by atoms with Gasteiger partial charge in [0, 0.05) is 7.05 Å². The van der Waals surface area contributed by atoms with Crippen LogP contribution >= 0.6 is 0 Å². The number of benzene rings is 1. The molecule has 1 aromatic heterocycles. The zero-order valence-electron chi connectivity index (χ0n) is 11.3. The van der Waals surface area contributed by atoms with Crippen LogP contribution in [0.3, 0.4) is 0 Å². The Bertz CT molecular complexity index is 616. The largest absolute Gasteiger partial charge is 0.493 e. The van der Waals surface area contributed by atoms with E-state index >= 15 is 0 Å². The molecular formula is C12H16N4O3. The second kappa shape index (κ2) is 5.05. The van der Waals surface area contributed by atoms with Gasteiger partial charge in [0.05, 0.1) is 26.7 Å². The summed E-state index contributed by atoms with van der Waals surface area (Å²) in [5.74, 6) is 2.20. The molecule has 3 N–H and O–H groups in total. The van der Waals surface area contributed by atoms with Gasteiger partial charge in [-0.2, -0.15) is 4.98 Å². The Morgan fingerprint density at radius 2 is 1.74 bits per heavy atom. The number of fused-ring (bicyclic) bond motifs is 1. The van der Waals surface area contributed by atoms with Crippen molar-refractivity contribution in [2.45, 2.75) is 0 Å². The summed E-state index contributed by atoms with van der Waals surface area (Å²) >= 11 is 0. The summed E-state index contributed by atoms with van der Waals surface area (Å²) in [6.45, 7) is 0. The summed E-state index contributed by atoms with van der Waals surface area (Å²) in [4.78, 5) is 8.48. The molecule has 0 aliphatic carbocycles. The molecule has 7 heteroatoms. The zero-order valence-corrected chi connectivity index (χ0v) is 11.3. The minimum atomic E-state index is 0.341. The number of nitrogen functional groups attached to an aromatic ring is 1. The second-order valence-corrected chi connectivity index (χ2v) is 3.72. The average Bonchev–Trinajstić information content (AvgIpc) is 2.44. The number of nitrogens with one attached hydrogen (secondary N) is 1. The lowest BCUT2D eigenvalue weighted by Gasteiger charge is -2.15. The molecule has 2 rings (SSSR count). The van der Waals surface area contributed by atoms with Crippen molar-refractivity contribution in [3.63, 3.8) is 0 Å². The lowest BCUT2D eigenvalue weighted by Crippen LogP contribution is -2.04. The highest BCUT2D eigenvalue weighted by molar-refractivity contribution is 5.96. The van der Waals surface area contributed by atoms with Gasteiger partial charge in [-0.05, 0) is 6.07 Å². The summed E-state index contributed by atoms with van der Waals surface area (Å²) in [6.07, 6.45) is 0. The first kappa shape index (κ1) is 13.0. The van der Waals surface area contributed by atoms with Crippen LogP contribution in [0.25, 0.3) is 10.9 Å². The normalized spacial score (nSPS) is 10.3. The number of methoxy groups -OCH3 is 3. The third kappa shape index (κ3) is 2.03. The maximum absolute atomic E-state index is 5.93. The van der Waals surface area contributed by atoms with Crippen LogP contribution in [-0.4, -0.2) is 38.3 Å². The minimum absolute atomic E-state index is 0.341. The van der Waals surface area contributed by atoms with E-state index in [2.05, 4.69) is 15.3 Å². The molecule has 0 aliphatic rings. The molecule has 0 radical (unpaired) electrons. The summed E-state index contributed by atoms with van der Waals surface area (Å²) in [5.41, 5.74) is 6.49. The molecule has 0 amide bonds. The predicted octanol–water partition coefficient (Wildman–Crippen LogP) is 1.28. The number of nitrogens with zero attached hydrogens (tertiary/aromatic N) is 2. The Morgan fingerprint density at radius 3 is 2.26 bits per heavy atom. The Morgan fingerprint density at radius 1 is 1.05 bits per heavy atom. The molecule has 1 heterocycles. The van der Waals surface area contributed by atoms with E-state index in [-0.39, 0.29) is 0 Å². The van der Waals surface area contributed by atoms with Gasteiger partial charge in [-0.15, -0.1) is 0 Å². The molecule has 0 spiro atoms. The fourth-order valence-electron chi connectivity index (χ4n) is 1.86. The van der Waals surface area contributed by atoms with Crippen molar-refractivity contribution >= 4 is 22.7 Å². The average molecular weight is 264 g/mol. The maximum atomic E-state index is 5.93. The maximum Gasteiger partial charge on any atom is 0.225 e. The smallest absolute Gasteiger partial charge is 0.225 e. The lowest BCUT2D eigenvalue weighted by molar-refractivity contribution is 0.327. The van der Waals surface area contributed by atoms with Gasteiger partial charge in [0.2, 0.25) is 11.7 Å². The molecular weight excluding hydrogens is 248 g/mol. The molecule has 0 saturated carbocycles. The van der Waals surface area contributed by atoms with Crippen molar-refractivity contribution < 1.29 is 14.2 Å². The third-order valence-electron chi connectivity index (χ3n) is 2.75. The zero-order chi connectivity index (χ0) is 14.0. The van der Waals surface area contributed by atoms with Crippen molar-refractivity contribution in [1.29, 1.82) is 0 Å². The fourth-order valence-corrected chi connectivity index (χ4v) is 1.86. The topological polar surface area (TPSA) is 91.5 Å². The van der Waals surface area contributed by atoms with E-state index in [9.17, 15) is 0 Å². The molecule has 0 saturated heterocycles. The van der Waals surface area contributed by atoms with E-state index in [0.29, 0.717) is 39.9 Å². The lowest BCUT2D eigenvalue weighted by atomic mass is 10.2. The number of hydrogen-bond donors (Lipinski definition) is 2. The molecule has 0 aliphatic heterocycles. The Hall–Kier alpha value is -2.44. The van der Waals surface area contributed by atoms with Gasteiger partial charge in [-0.25, -0.2) is 4.98 Å². The van der Waals surface area contributed by atoms with Gasteiger partial charge >= 0.3 is 0 Å². The van der Waals surface area contributed by atoms with Crippen LogP contribution in [0.1, 0.15) is 0 Å². The molecule has 7 nitrogen and oxygen atoms in total. The van der Waals surface area contributed by atoms with Gasteiger partial charge < -0.3 is 25.3 Å². The van der Waals surface area contributed by atoms with E-state index in [0.717, 1.165) is 0 Å². The molecule has 102 valence electrons. The van der Waals surface area contributed by atoms with Gasteiger partial charge in [-0.1, -0.05) is 0 Å². The van der Waals surface area contributed by atoms with Crippen LogP contribution in [-0.2, 0) is 0 Å². The summed E-state index contributed by atoms with van der Waals surface area (Å²) in [6, 6.07) is 1.73. The highest BCUT2D eigenvalue weighted by atomic mass is 16.5. The molecule has 0 atom stereocenters. The standard InChI is InChI=1S/C12H16N4O3/c1-14-12-15-8-6(11(13)16-12)5-7(17-2)9(18-3)10(8)19-4/h5H,1-4H3,(H3,13,14,15,16). The predicted molar refractivity (Wildman–Crippen MR) is 73.2 cm³/mol. The third-order valence-corrected chi connectivity index (χ3v) is 2.75. The van der Waals surface area contributed by atoms with E-state index in [1.54, 1.807) is 20.2 Å². The summed E-state index contributed by atoms with van der Waals surface area (Å²) in [7, 11) is 6.33. The molecule has 0 bridgehead atoms. The van der Waals surface area contributed by atoms with Crippen LogP contribution in [0.5, 0.6) is 17.2 Å². The van der Waals surface area contributed by atoms with Crippen LogP contribution in [0, 0.1) is 0 Å². The summed E-state index contributed by atoms with van der Waals surface area (Å²) < 4.78 is 15.9. The van der Waals surface area contributed by atoms with Crippen LogP contribution in [0.2, 0.25) is 0 Å². The van der Waals surface area contributed by atoms with E-state index < -0.39 is 0 Å². The highest BCUT2D eigenvalue weighted by Gasteiger charge is 2.19. The van der Waals surface area contributed by atoms with Crippen molar-refractivity contribution in [3.05, 3.63) is 6.07 Å². The van der Waals surface area contributed by atoms with Crippen LogP contribution in [0.4, 0.5) is 11.8 Å². The van der Waals surface area contributed by atoms with Crippen LogP contribution < -0.4 is 25.3 Å². The van der Waals surface area contributed by atoms with Crippen LogP contribution in [0.15, 0.2) is 6.07 Å². The number of ether oxygens (including phenoxy) is 3. The molecule has 2 aromatic rings. The van der Waals surface area contributed by atoms with E-state index in [1.807, 2.05) is 0 Å². The van der Waals surface area contributed by atoms with Gasteiger partial charge in [-0.3, -0.25) is 0 Å². The van der Waals surface area contributed by atoms with E-state index in [4.69, 9.17) is 19.9 Å². The monoisotopic (exact) mass is 264 g/mol. The summed E-state index contributed by atoms with van der Waals surface area (Å²) in [5, 5.41) is 3.49.